The molecule has 2 aromatic carbocycles. The standard InChI is InChI=1S/C22H23N3O4S2/c1-4-14-25(15-5-2)31(27,28)17-12-10-16(11-13-17)21(26)24-22-23-20-18(29-6-3)8-7-9-19(20)30-22/h4-5,7-13H,1-2,6,14-15H2,3H3,(H,23,24,26). The van der Waals surface area contributed by atoms with Crippen LogP contribution in [0.3, 0.4) is 0 Å². The Morgan fingerprint density at radius 1 is 1.16 bits per heavy atom. The second-order valence-electron chi connectivity index (χ2n) is 6.43. The molecule has 3 aromatic rings. The van der Waals surface area contributed by atoms with Crippen LogP contribution in [-0.4, -0.2) is 43.3 Å². The second-order valence-corrected chi connectivity index (χ2v) is 9.40. The van der Waals surface area contributed by atoms with Crippen molar-refractivity contribution in [3.05, 3.63) is 73.3 Å². The molecule has 1 aromatic heterocycles. The Bertz CT molecular complexity index is 1190. The summed E-state index contributed by atoms with van der Waals surface area (Å²) < 4.78 is 33.3. The molecule has 9 heteroatoms. The SMILES string of the molecule is C=CCN(CC=C)S(=O)(=O)c1ccc(C(=O)Nc2nc3c(OCC)cccc3s2)cc1. The predicted molar refractivity (Wildman–Crippen MR) is 124 cm³/mol. The lowest BCUT2D eigenvalue weighted by Gasteiger charge is -2.19. The zero-order chi connectivity index (χ0) is 22.4. The summed E-state index contributed by atoms with van der Waals surface area (Å²) in [4.78, 5) is 17.2. The van der Waals surface area contributed by atoms with Crippen LogP contribution in [0.5, 0.6) is 5.75 Å². The largest absolute Gasteiger partial charge is 0.492 e. The molecule has 0 unspecified atom stereocenters. The Morgan fingerprint density at radius 2 is 1.84 bits per heavy atom. The van der Waals surface area contributed by atoms with Crippen molar-refractivity contribution in [1.82, 2.24) is 9.29 Å². The highest BCUT2D eigenvalue weighted by Crippen LogP contribution is 2.32. The second kappa shape index (κ2) is 9.86. The maximum atomic E-state index is 12.8. The molecule has 0 aliphatic rings. The molecule has 1 heterocycles. The van der Waals surface area contributed by atoms with E-state index < -0.39 is 10.0 Å². The monoisotopic (exact) mass is 457 g/mol. The number of fused-ring (bicyclic) bond motifs is 1. The van der Waals surface area contributed by atoms with Gasteiger partial charge in [-0.05, 0) is 43.3 Å². The van der Waals surface area contributed by atoms with E-state index in [4.69, 9.17) is 4.74 Å². The van der Waals surface area contributed by atoms with Gasteiger partial charge in [0, 0.05) is 18.7 Å². The van der Waals surface area contributed by atoms with Crippen LogP contribution in [0, 0.1) is 0 Å². The summed E-state index contributed by atoms with van der Waals surface area (Å²) in [5, 5.41) is 3.20. The molecule has 0 radical (unpaired) electrons. The number of para-hydroxylation sites is 1. The number of carbonyl (C=O) groups excluding carboxylic acids is 1. The Morgan fingerprint density at radius 3 is 2.45 bits per heavy atom. The number of hydrogen-bond acceptors (Lipinski definition) is 6. The number of nitrogens with one attached hydrogen (secondary N) is 1. The smallest absolute Gasteiger partial charge is 0.257 e. The molecule has 162 valence electrons. The molecule has 0 saturated heterocycles. The Balaban J connectivity index is 1.79. The highest BCUT2D eigenvalue weighted by Gasteiger charge is 2.22. The van der Waals surface area contributed by atoms with Crippen molar-refractivity contribution in [2.75, 3.05) is 25.0 Å². The van der Waals surface area contributed by atoms with Gasteiger partial charge in [-0.1, -0.05) is 29.6 Å². The molecule has 0 saturated carbocycles. The molecule has 1 amide bonds. The van der Waals surface area contributed by atoms with E-state index in [0.29, 0.717) is 28.6 Å². The number of thiazole rings is 1. The van der Waals surface area contributed by atoms with Crippen molar-refractivity contribution in [3.63, 3.8) is 0 Å². The molecule has 0 spiro atoms. The summed E-state index contributed by atoms with van der Waals surface area (Å²) in [5.74, 6) is 0.282. The van der Waals surface area contributed by atoms with Gasteiger partial charge in [-0.25, -0.2) is 13.4 Å². The van der Waals surface area contributed by atoms with Crippen molar-refractivity contribution < 1.29 is 17.9 Å². The van der Waals surface area contributed by atoms with E-state index in [2.05, 4.69) is 23.5 Å². The van der Waals surface area contributed by atoms with Crippen molar-refractivity contribution in [3.8, 4) is 5.75 Å². The minimum absolute atomic E-state index is 0.0918. The summed E-state index contributed by atoms with van der Waals surface area (Å²) in [6.45, 7) is 9.93. The molecule has 3 rings (SSSR count). The van der Waals surface area contributed by atoms with E-state index in [9.17, 15) is 13.2 Å². The van der Waals surface area contributed by atoms with Crippen molar-refractivity contribution in [2.24, 2.45) is 0 Å². The third kappa shape index (κ3) is 5.01. The first-order chi connectivity index (χ1) is 14.9. The van der Waals surface area contributed by atoms with Crippen LogP contribution in [0.15, 0.2) is 72.7 Å². The number of benzene rings is 2. The number of anilines is 1. The fourth-order valence-corrected chi connectivity index (χ4v) is 5.16. The lowest BCUT2D eigenvalue weighted by atomic mass is 10.2. The van der Waals surface area contributed by atoms with Gasteiger partial charge in [-0.15, -0.1) is 13.2 Å². The summed E-state index contributed by atoms with van der Waals surface area (Å²) in [5.41, 5.74) is 1.01. The van der Waals surface area contributed by atoms with E-state index >= 15 is 0 Å². The Labute approximate surface area is 185 Å². The summed E-state index contributed by atoms with van der Waals surface area (Å²) >= 11 is 1.34. The molecule has 7 nitrogen and oxygen atoms in total. The number of nitrogens with zero attached hydrogens (tertiary/aromatic N) is 2. The van der Waals surface area contributed by atoms with Crippen molar-refractivity contribution in [1.29, 1.82) is 0 Å². The number of amides is 1. The lowest BCUT2D eigenvalue weighted by Crippen LogP contribution is -2.31. The van der Waals surface area contributed by atoms with Gasteiger partial charge in [-0.2, -0.15) is 4.31 Å². The molecular weight excluding hydrogens is 434 g/mol. The highest BCUT2D eigenvalue weighted by molar-refractivity contribution is 7.89. The minimum Gasteiger partial charge on any atom is -0.492 e. The molecule has 0 aliphatic heterocycles. The number of aromatic nitrogens is 1. The molecule has 0 bridgehead atoms. The fourth-order valence-electron chi connectivity index (χ4n) is 2.90. The van der Waals surface area contributed by atoms with Gasteiger partial charge in [-0.3, -0.25) is 10.1 Å². The number of ether oxygens (including phenoxy) is 1. The minimum atomic E-state index is -3.72. The maximum Gasteiger partial charge on any atom is 0.257 e. The molecule has 31 heavy (non-hydrogen) atoms. The number of sulfonamides is 1. The normalized spacial score (nSPS) is 11.4. The van der Waals surface area contributed by atoms with Crippen LogP contribution in [0.1, 0.15) is 17.3 Å². The van der Waals surface area contributed by atoms with E-state index in [0.717, 1.165) is 4.70 Å². The Kier molecular flexibility index (Phi) is 7.21. The van der Waals surface area contributed by atoms with Gasteiger partial charge < -0.3 is 4.74 Å². The predicted octanol–water partition coefficient (Wildman–Crippen LogP) is 4.31. The highest BCUT2D eigenvalue weighted by atomic mass is 32.2. The average Bonchev–Trinajstić information content (AvgIpc) is 3.17. The fraction of sp³-hybridized carbons (Fsp3) is 0.182. The van der Waals surface area contributed by atoms with Crippen LogP contribution in [0.4, 0.5) is 5.13 Å². The lowest BCUT2D eigenvalue weighted by molar-refractivity contribution is 0.102. The zero-order valence-corrected chi connectivity index (χ0v) is 18.7. The average molecular weight is 458 g/mol. The summed E-state index contributed by atoms with van der Waals surface area (Å²) in [6, 6.07) is 11.4. The number of carbonyl (C=O) groups is 1. The summed E-state index contributed by atoms with van der Waals surface area (Å²) in [6.07, 6.45) is 3.02. The Hall–Kier alpha value is -3.01. The third-order valence-corrected chi connectivity index (χ3v) is 7.10. The van der Waals surface area contributed by atoms with Crippen LogP contribution < -0.4 is 10.1 Å². The van der Waals surface area contributed by atoms with Gasteiger partial charge >= 0.3 is 0 Å². The molecule has 0 aliphatic carbocycles. The maximum absolute atomic E-state index is 12.8. The van der Waals surface area contributed by atoms with Crippen molar-refractivity contribution in [2.45, 2.75) is 11.8 Å². The number of hydrogen-bond donors (Lipinski definition) is 1. The van der Waals surface area contributed by atoms with E-state index in [1.807, 2.05) is 25.1 Å². The molecular formula is C22H23N3O4S2. The summed E-state index contributed by atoms with van der Waals surface area (Å²) in [7, 11) is -3.72. The molecule has 0 atom stereocenters. The van der Waals surface area contributed by atoms with Gasteiger partial charge in [0.15, 0.2) is 5.13 Å². The van der Waals surface area contributed by atoms with Crippen LogP contribution >= 0.6 is 11.3 Å². The first kappa shape index (κ1) is 22.7. The van der Waals surface area contributed by atoms with Gasteiger partial charge in [0.2, 0.25) is 10.0 Å². The van der Waals surface area contributed by atoms with E-state index in [1.54, 1.807) is 0 Å². The van der Waals surface area contributed by atoms with E-state index in [1.165, 1.54) is 52.1 Å². The van der Waals surface area contributed by atoms with Gasteiger partial charge in [0.05, 0.1) is 16.2 Å². The number of rotatable bonds is 10. The van der Waals surface area contributed by atoms with Gasteiger partial charge in [0.1, 0.15) is 11.3 Å². The molecule has 0 fully saturated rings. The van der Waals surface area contributed by atoms with Crippen LogP contribution in [0.2, 0.25) is 0 Å². The third-order valence-electron chi connectivity index (χ3n) is 4.32. The first-order valence-electron chi connectivity index (χ1n) is 9.56. The first-order valence-corrected chi connectivity index (χ1v) is 11.8. The topological polar surface area (TPSA) is 88.6 Å². The van der Waals surface area contributed by atoms with Gasteiger partial charge in [0.25, 0.3) is 5.91 Å². The molecule has 1 N–H and O–H groups in total. The quantitative estimate of drug-likeness (QED) is 0.458. The van der Waals surface area contributed by atoms with E-state index in [-0.39, 0.29) is 23.9 Å². The zero-order valence-electron chi connectivity index (χ0n) is 17.1. The van der Waals surface area contributed by atoms with Crippen molar-refractivity contribution >= 4 is 42.6 Å². The van der Waals surface area contributed by atoms with Crippen LogP contribution in [0.25, 0.3) is 10.2 Å². The van der Waals surface area contributed by atoms with Crippen LogP contribution in [-0.2, 0) is 10.0 Å².